The lowest BCUT2D eigenvalue weighted by Crippen LogP contribution is -2.05. The van der Waals surface area contributed by atoms with Gasteiger partial charge in [0, 0.05) is 12.4 Å². The first-order valence-electron chi connectivity index (χ1n) is 4.87. The lowest BCUT2D eigenvalue weighted by atomic mass is 10.2. The minimum Gasteiger partial charge on any atom is -0.478 e. The number of halogens is 2. The highest BCUT2D eigenvalue weighted by Crippen LogP contribution is 2.25. The van der Waals surface area contributed by atoms with Crippen molar-refractivity contribution in [3.8, 4) is 11.5 Å². The Labute approximate surface area is 112 Å². The van der Waals surface area contributed by atoms with Crippen LogP contribution in [0.25, 0.3) is 11.5 Å². The Morgan fingerprint density at radius 1 is 1.28 bits per heavy atom. The van der Waals surface area contributed by atoms with Gasteiger partial charge in [0.15, 0.2) is 5.82 Å². The molecule has 2 rings (SSSR count). The van der Waals surface area contributed by atoms with Gasteiger partial charge < -0.3 is 5.11 Å². The van der Waals surface area contributed by atoms with Crippen LogP contribution in [-0.4, -0.2) is 26.0 Å². The fourth-order valence-electron chi connectivity index (χ4n) is 1.37. The molecule has 7 heteroatoms. The average Bonchev–Trinajstić information content (AvgIpc) is 2.28. The molecule has 0 atom stereocenters. The molecule has 0 aliphatic carbocycles. The standard InChI is InChI=1S/C11H7Cl2N3O2/c1-5-7(11(17)18)4-15-10(16-5)9-8(13)2-6(12)3-14-9/h2-4H,1H3,(H,17,18). The molecule has 0 radical (unpaired) electrons. The minimum atomic E-state index is -1.07. The number of carboxylic acid groups (broad SMARTS) is 1. The summed E-state index contributed by atoms with van der Waals surface area (Å²) in [5, 5.41) is 9.59. The second-order valence-corrected chi connectivity index (χ2v) is 4.33. The van der Waals surface area contributed by atoms with Crippen LogP contribution in [0, 0.1) is 6.92 Å². The first-order valence-corrected chi connectivity index (χ1v) is 5.63. The molecule has 0 saturated heterocycles. The van der Waals surface area contributed by atoms with E-state index in [1.807, 2.05) is 0 Å². The van der Waals surface area contributed by atoms with Crippen LogP contribution >= 0.6 is 23.2 Å². The molecule has 0 amide bonds. The van der Waals surface area contributed by atoms with Gasteiger partial charge in [0.25, 0.3) is 0 Å². The van der Waals surface area contributed by atoms with Gasteiger partial charge in [-0.15, -0.1) is 0 Å². The molecule has 1 N–H and O–H groups in total. The summed E-state index contributed by atoms with van der Waals surface area (Å²) in [5.74, 6) is -0.812. The van der Waals surface area contributed by atoms with Gasteiger partial charge >= 0.3 is 5.97 Å². The third kappa shape index (κ3) is 2.42. The molecular weight excluding hydrogens is 277 g/mol. The quantitative estimate of drug-likeness (QED) is 0.917. The topological polar surface area (TPSA) is 76.0 Å². The van der Waals surface area contributed by atoms with Crippen molar-refractivity contribution in [3.05, 3.63) is 39.8 Å². The van der Waals surface area contributed by atoms with E-state index < -0.39 is 5.97 Å². The van der Waals surface area contributed by atoms with Crippen LogP contribution in [0.1, 0.15) is 16.1 Å². The number of aryl methyl sites for hydroxylation is 1. The lowest BCUT2D eigenvalue weighted by Gasteiger charge is -2.05. The van der Waals surface area contributed by atoms with Crippen molar-refractivity contribution < 1.29 is 9.90 Å². The fourth-order valence-corrected chi connectivity index (χ4v) is 1.83. The summed E-state index contributed by atoms with van der Waals surface area (Å²) < 4.78 is 0. The molecule has 0 aromatic carbocycles. The Balaban J connectivity index is 2.52. The van der Waals surface area contributed by atoms with Crippen LogP contribution in [0.3, 0.4) is 0 Å². The lowest BCUT2D eigenvalue weighted by molar-refractivity contribution is 0.0695. The van der Waals surface area contributed by atoms with Crippen molar-refractivity contribution in [1.82, 2.24) is 15.0 Å². The van der Waals surface area contributed by atoms with Crippen molar-refractivity contribution in [1.29, 1.82) is 0 Å². The third-order valence-electron chi connectivity index (χ3n) is 2.23. The number of aromatic carboxylic acids is 1. The molecule has 92 valence electrons. The normalized spacial score (nSPS) is 10.4. The zero-order chi connectivity index (χ0) is 13.3. The number of hydrogen-bond donors (Lipinski definition) is 1. The Hall–Kier alpha value is -1.72. The van der Waals surface area contributed by atoms with E-state index >= 15 is 0 Å². The molecule has 18 heavy (non-hydrogen) atoms. The second-order valence-electron chi connectivity index (χ2n) is 3.48. The van der Waals surface area contributed by atoms with Gasteiger partial charge in [0.2, 0.25) is 0 Å². The molecule has 0 spiro atoms. The van der Waals surface area contributed by atoms with Crippen molar-refractivity contribution in [3.63, 3.8) is 0 Å². The van der Waals surface area contributed by atoms with Crippen LogP contribution < -0.4 is 0 Å². The summed E-state index contributed by atoms with van der Waals surface area (Å²) in [5.41, 5.74) is 0.755. The Morgan fingerprint density at radius 2 is 2.00 bits per heavy atom. The van der Waals surface area contributed by atoms with E-state index in [4.69, 9.17) is 28.3 Å². The summed E-state index contributed by atoms with van der Waals surface area (Å²) in [6.07, 6.45) is 2.65. The van der Waals surface area contributed by atoms with Crippen molar-refractivity contribution in [2.45, 2.75) is 6.92 Å². The smallest absolute Gasteiger partial charge is 0.339 e. The predicted octanol–water partition coefficient (Wildman–Crippen LogP) is 2.85. The van der Waals surface area contributed by atoms with E-state index in [0.717, 1.165) is 0 Å². The van der Waals surface area contributed by atoms with E-state index in [2.05, 4.69) is 15.0 Å². The molecular formula is C11H7Cl2N3O2. The molecule has 2 heterocycles. The molecule has 2 aromatic heterocycles. The number of nitrogens with zero attached hydrogens (tertiary/aromatic N) is 3. The fraction of sp³-hybridized carbons (Fsp3) is 0.0909. The number of carbonyl (C=O) groups is 1. The van der Waals surface area contributed by atoms with E-state index in [9.17, 15) is 4.79 Å². The molecule has 0 unspecified atom stereocenters. The monoisotopic (exact) mass is 283 g/mol. The third-order valence-corrected chi connectivity index (χ3v) is 2.72. The molecule has 5 nitrogen and oxygen atoms in total. The maximum Gasteiger partial charge on any atom is 0.339 e. The largest absolute Gasteiger partial charge is 0.478 e. The first kappa shape index (κ1) is 12.7. The highest BCUT2D eigenvalue weighted by molar-refractivity contribution is 6.35. The zero-order valence-corrected chi connectivity index (χ0v) is 10.7. The van der Waals surface area contributed by atoms with Crippen LogP contribution in [0.2, 0.25) is 10.0 Å². The van der Waals surface area contributed by atoms with Gasteiger partial charge in [-0.25, -0.2) is 19.7 Å². The summed E-state index contributed by atoms with van der Waals surface area (Å²) in [7, 11) is 0. The number of rotatable bonds is 2. The maximum absolute atomic E-state index is 10.8. The zero-order valence-electron chi connectivity index (χ0n) is 9.19. The molecule has 0 aliphatic rings. The molecule has 0 saturated carbocycles. The molecule has 0 aliphatic heterocycles. The van der Waals surface area contributed by atoms with Crippen LogP contribution in [0.15, 0.2) is 18.5 Å². The summed E-state index contributed by atoms with van der Waals surface area (Å²) in [6, 6.07) is 1.52. The van der Waals surface area contributed by atoms with E-state index in [1.54, 1.807) is 6.92 Å². The maximum atomic E-state index is 10.8. The van der Waals surface area contributed by atoms with Crippen LogP contribution in [0.5, 0.6) is 0 Å². The van der Waals surface area contributed by atoms with Gasteiger partial charge in [0.1, 0.15) is 5.69 Å². The average molecular weight is 284 g/mol. The highest BCUT2D eigenvalue weighted by Gasteiger charge is 2.13. The summed E-state index contributed by atoms with van der Waals surface area (Å²) in [4.78, 5) is 22.9. The Kier molecular flexibility index (Phi) is 3.45. The van der Waals surface area contributed by atoms with Crippen LogP contribution in [-0.2, 0) is 0 Å². The summed E-state index contributed by atoms with van der Waals surface area (Å²) in [6.45, 7) is 1.58. The molecule has 0 fully saturated rings. The van der Waals surface area contributed by atoms with Crippen LogP contribution in [0.4, 0.5) is 0 Å². The second kappa shape index (κ2) is 4.88. The van der Waals surface area contributed by atoms with Crippen molar-refractivity contribution >= 4 is 29.2 Å². The van der Waals surface area contributed by atoms with Gasteiger partial charge in [-0.05, 0) is 13.0 Å². The minimum absolute atomic E-state index is 0.0452. The number of carboxylic acids is 1. The molecule has 0 bridgehead atoms. The van der Waals surface area contributed by atoms with Gasteiger partial charge in [0.05, 0.1) is 21.3 Å². The highest BCUT2D eigenvalue weighted by atomic mass is 35.5. The summed E-state index contributed by atoms with van der Waals surface area (Å²) >= 11 is 11.7. The van der Waals surface area contributed by atoms with Gasteiger partial charge in [-0.1, -0.05) is 23.2 Å². The predicted molar refractivity (Wildman–Crippen MR) is 67.0 cm³/mol. The van der Waals surface area contributed by atoms with E-state index in [-0.39, 0.29) is 11.4 Å². The molecule has 2 aromatic rings. The number of hydrogen-bond acceptors (Lipinski definition) is 4. The Bertz CT molecular complexity index is 632. The number of aromatic nitrogens is 3. The SMILES string of the molecule is Cc1nc(-c2ncc(Cl)cc2Cl)ncc1C(=O)O. The van der Waals surface area contributed by atoms with E-state index in [1.165, 1.54) is 18.5 Å². The van der Waals surface area contributed by atoms with Gasteiger partial charge in [-0.2, -0.15) is 0 Å². The Morgan fingerprint density at radius 3 is 2.56 bits per heavy atom. The first-order chi connectivity index (χ1) is 8.49. The van der Waals surface area contributed by atoms with Crippen molar-refractivity contribution in [2.24, 2.45) is 0 Å². The number of pyridine rings is 1. The van der Waals surface area contributed by atoms with Crippen molar-refractivity contribution in [2.75, 3.05) is 0 Å². The van der Waals surface area contributed by atoms with Gasteiger partial charge in [-0.3, -0.25) is 0 Å². The van der Waals surface area contributed by atoms with E-state index in [0.29, 0.717) is 21.4 Å².